The highest BCUT2D eigenvalue weighted by Gasteiger charge is 2.41. The van der Waals surface area contributed by atoms with E-state index in [0.29, 0.717) is 24.5 Å². The minimum Gasteiger partial charge on any atom is -0.490 e. The zero-order valence-corrected chi connectivity index (χ0v) is 11.4. The first-order valence-electron chi connectivity index (χ1n) is 7.08. The lowest BCUT2D eigenvalue weighted by Gasteiger charge is -2.37. The molecule has 2 atom stereocenters. The molecule has 2 aliphatic rings. The lowest BCUT2D eigenvalue weighted by atomic mass is 9.91. The molecule has 2 unspecified atom stereocenters. The van der Waals surface area contributed by atoms with Crippen LogP contribution in [0.15, 0.2) is 18.2 Å². The fraction of sp³-hybridized carbons (Fsp3) is 0.600. The van der Waals surface area contributed by atoms with E-state index < -0.39 is 0 Å². The van der Waals surface area contributed by atoms with E-state index >= 15 is 0 Å². The van der Waals surface area contributed by atoms with Crippen LogP contribution in [0.5, 0.6) is 5.75 Å². The van der Waals surface area contributed by atoms with Crippen LogP contribution in [-0.4, -0.2) is 31.5 Å². The average Bonchev–Trinajstić information content (AvgIpc) is 2.87. The van der Waals surface area contributed by atoms with Crippen LogP contribution in [0, 0.1) is 5.82 Å². The molecule has 2 aliphatic heterocycles. The Morgan fingerprint density at radius 2 is 2.30 bits per heavy atom. The molecule has 2 fully saturated rings. The summed E-state index contributed by atoms with van der Waals surface area (Å²) < 4.78 is 30.9. The van der Waals surface area contributed by atoms with Crippen molar-refractivity contribution in [2.24, 2.45) is 5.73 Å². The van der Waals surface area contributed by atoms with Gasteiger partial charge in [0.15, 0.2) is 0 Å². The third kappa shape index (κ3) is 2.80. The highest BCUT2D eigenvalue weighted by atomic mass is 19.1. The molecule has 1 aromatic carbocycles. The fourth-order valence-corrected chi connectivity index (χ4v) is 2.91. The minimum absolute atomic E-state index is 0.0496. The van der Waals surface area contributed by atoms with Gasteiger partial charge in [-0.05, 0) is 6.07 Å². The summed E-state index contributed by atoms with van der Waals surface area (Å²) in [6.45, 7) is 2.24. The SMILES string of the molecule is NCc1ccc(OC2CCOC3(CCOC3)C2)cc1F. The van der Waals surface area contributed by atoms with Crippen molar-refractivity contribution in [1.29, 1.82) is 0 Å². The Kier molecular flexibility index (Phi) is 3.92. The van der Waals surface area contributed by atoms with Gasteiger partial charge in [-0.1, -0.05) is 6.07 Å². The van der Waals surface area contributed by atoms with Crippen LogP contribution in [0.4, 0.5) is 4.39 Å². The Labute approximate surface area is 118 Å². The van der Waals surface area contributed by atoms with Crippen molar-refractivity contribution < 1.29 is 18.6 Å². The van der Waals surface area contributed by atoms with Gasteiger partial charge in [-0.2, -0.15) is 0 Å². The largest absolute Gasteiger partial charge is 0.490 e. The van der Waals surface area contributed by atoms with Gasteiger partial charge in [0.25, 0.3) is 0 Å². The van der Waals surface area contributed by atoms with Crippen LogP contribution in [0.25, 0.3) is 0 Å². The Hall–Kier alpha value is -1.17. The molecule has 2 heterocycles. The quantitative estimate of drug-likeness (QED) is 0.920. The van der Waals surface area contributed by atoms with Gasteiger partial charge in [0, 0.05) is 44.0 Å². The van der Waals surface area contributed by atoms with E-state index in [-0.39, 0.29) is 24.1 Å². The highest BCUT2D eigenvalue weighted by molar-refractivity contribution is 5.29. The summed E-state index contributed by atoms with van der Waals surface area (Å²) in [5.74, 6) is 0.247. The molecule has 0 amide bonds. The number of nitrogens with two attached hydrogens (primary N) is 1. The molecular weight excluding hydrogens is 261 g/mol. The van der Waals surface area contributed by atoms with Crippen molar-refractivity contribution in [3.63, 3.8) is 0 Å². The van der Waals surface area contributed by atoms with Crippen molar-refractivity contribution in [2.45, 2.75) is 37.5 Å². The minimum atomic E-state index is -0.309. The second kappa shape index (κ2) is 5.68. The molecular formula is C15H20FNO3. The molecule has 1 spiro atoms. The maximum Gasteiger partial charge on any atom is 0.131 e. The lowest BCUT2D eigenvalue weighted by molar-refractivity contribution is -0.112. The molecule has 0 saturated carbocycles. The Bertz CT molecular complexity index is 474. The van der Waals surface area contributed by atoms with Crippen LogP contribution < -0.4 is 10.5 Å². The molecule has 2 N–H and O–H groups in total. The summed E-state index contributed by atoms with van der Waals surface area (Å²) in [6.07, 6.45) is 2.58. The van der Waals surface area contributed by atoms with Crippen LogP contribution in [0.3, 0.4) is 0 Å². The zero-order valence-electron chi connectivity index (χ0n) is 11.4. The number of rotatable bonds is 3. The topological polar surface area (TPSA) is 53.7 Å². The molecule has 3 rings (SSSR count). The second-order valence-corrected chi connectivity index (χ2v) is 5.52. The maximum atomic E-state index is 13.7. The van der Waals surface area contributed by atoms with Crippen molar-refractivity contribution in [3.8, 4) is 5.75 Å². The normalized spacial score (nSPS) is 29.8. The number of hydrogen-bond acceptors (Lipinski definition) is 4. The molecule has 1 aromatic rings. The first kappa shape index (κ1) is 13.8. The van der Waals surface area contributed by atoms with E-state index in [0.717, 1.165) is 25.9 Å². The van der Waals surface area contributed by atoms with Gasteiger partial charge < -0.3 is 19.9 Å². The number of ether oxygens (including phenoxy) is 3. The summed E-state index contributed by atoms with van der Waals surface area (Å²) >= 11 is 0. The molecule has 4 nitrogen and oxygen atoms in total. The first-order chi connectivity index (χ1) is 9.71. The van der Waals surface area contributed by atoms with E-state index in [4.69, 9.17) is 19.9 Å². The predicted molar refractivity (Wildman–Crippen MR) is 72.1 cm³/mol. The predicted octanol–water partition coefficient (Wildman–Crippen LogP) is 2.00. The van der Waals surface area contributed by atoms with Gasteiger partial charge >= 0.3 is 0 Å². The maximum absolute atomic E-state index is 13.7. The van der Waals surface area contributed by atoms with Gasteiger partial charge in [0.2, 0.25) is 0 Å². The highest BCUT2D eigenvalue weighted by Crippen LogP contribution is 2.34. The molecule has 2 saturated heterocycles. The smallest absolute Gasteiger partial charge is 0.131 e. The first-order valence-corrected chi connectivity index (χ1v) is 7.08. The molecule has 0 aromatic heterocycles. The van der Waals surface area contributed by atoms with Gasteiger partial charge in [0.05, 0.1) is 18.8 Å². The van der Waals surface area contributed by atoms with E-state index in [2.05, 4.69) is 0 Å². The standard InChI is InChI=1S/C15H20FNO3/c16-14-7-12(2-1-11(14)9-17)20-13-3-5-19-15(8-13)4-6-18-10-15/h1-2,7,13H,3-6,8-10,17H2. The molecule has 0 radical (unpaired) electrons. The van der Waals surface area contributed by atoms with Gasteiger partial charge in [-0.15, -0.1) is 0 Å². The zero-order chi connectivity index (χ0) is 14.0. The number of benzene rings is 1. The van der Waals surface area contributed by atoms with E-state index in [1.807, 2.05) is 0 Å². The Morgan fingerprint density at radius 1 is 1.40 bits per heavy atom. The van der Waals surface area contributed by atoms with Crippen LogP contribution in [0.2, 0.25) is 0 Å². The van der Waals surface area contributed by atoms with E-state index in [9.17, 15) is 4.39 Å². The Morgan fingerprint density at radius 3 is 3.00 bits per heavy atom. The number of halogens is 1. The molecule has 0 aliphatic carbocycles. The van der Waals surface area contributed by atoms with Gasteiger partial charge in [0.1, 0.15) is 17.7 Å². The summed E-state index contributed by atoms with van der Waals surface area (Å²) in [4.78, 5) is 0. The van der Waals surface area contributed by atoms with Crippen LogP contribution >= 0.6 is 0 Å². The van der Waals surface area contributed by atoms with E-state index in [1.54, 1.807) is 12.1 Å². The van der Waals surface area contributed by atoms with Crippen molar-refractivity contribution in [1.82, 2.24) is 0 Å². The number of hydrogen-bond donors (Lipinski definition) is 1. The van der Waals surface area contributed by atoms with Crippen molar-refractivity contribution in [2.75, 3.05) is 19.8 Å². The van der Waals surface area contributed by atoms with Gasteiger partial charge in [-0.3, -0.25) is 0 Å². The monoisotopic (exact) mass is 281 g/mol. The van der Waals surface area contributed by atoms with Crippen molar-refractivity contribution >= 4 is 0 Å². The fourth-order valence-electron chi connectivity index (χ4n) is 2.91. The molecule has 5 heteroatoms. The molecule has 110 valence electrons. The van der Waals surface area contributed by atoms with Crippen LogP contribution in [0.1, 0.15) is 24.8 Å². The Balaban J connectivity index is 1.66. The third-order valence-electron chi connectivity index (χ3n) is 4.06. The van der Waals surface area contributed by atoms with Crippen LogP contribution in [-0.2, 0) is 16.0 Å². The van der Waals surface area contributed by atoms with Gasteiger partial charge in [-0.25, -0.2) is 4.39 Å². The summed E-state index contributed by atoms with van der Waals surface area (Å²) in [7, 11) is 0. The summed E-state index contributed by atoms with van der Waals surface area (Å²) in [5.41, 5.74) is 5.76. The van der Waals surface area contributed by atoms with E-state index in [1.165, 1.54) is 6.07 Å². The average molecular weight is 281 g/mol. The summed E-state index contributed by atoms with van der Waals surface area (Å²) in [5, 5.41) is 0. The third-order valence-corrected chi connectivity index (χ3v) is 4.06. The van der Waals surface area contributed by atoms with Crippen molar-refractivity contribution in [3.05, 3.63) is 29.6 Å². The second-order valence-electron chi connectivity index (χ2n) is 5.52. The molecule has 20 heavy (non-hydrogen) atoms. The molecule has 0 bridgehead atoms. The summed E-state index contributed by atoms with van der Waals surface area (Å²) in [6, 6.07) is 4.87. The lowest BCUT2D eigenvalue weighted by Crippen LogP contribution is -2.44.